The molecule has 2 aromatic rings. The lowest BCUT2D eigenvalue weighted by Gasteiger charge is -2.50. The molecule has 6 rings (SSSR count). The van der Waals surface area contributed by atoms with Gasteiger partial charge in [0.2, 0.25) is 0 Å². The van der Waals surface area contributed by atoms with Crippen molar-refractivity contribution in [3.63, 3.8) is 0 Å². The fourth-order valence-electron chi connectivity index (χ4n) is 8.41. The van der Waals surface area contributed by atoms with Crippen molar-refractivity contribution in [3.8, 4) is 5.75 Å². The van der Waals surface area contributed by atoms with Crippen molar-refractivity contribution < 1.29 is 23.3 Å². The molecule has 9 nitrogen and oxygen atoms in total. The van der Waals surface area contributed by atoms with E-state index in [1.54, 1.807) is 18.2 Å². The van der Waals surface area contributed by atoms with Gasteiger partial charge in [-0.1, -0.05) is 36.7 Å². The van der Waals surface area contributed by atoms with Crippen molar-refractivity contribution in [2.24, 2.45) is 17.8 Å². The van der Waals surface area contributed by atoms with Crippen LogP contribution >= 0.6 is 11.6 Å². The summed E-state index contributed by atoms with van der Waals surface area (Å²) in [5.41, 5.74) is 3.12. The number of halogens is 1. The topological polar surface area (TPSA) is 92.4 Å². The molecule has 2 heterocycles. The Hall–Kier alpha value is -2.60. The molecule has 11 heteroatoms. The number of nitrogens with zero attached hydrogens (tertiary/aromatic N) is 2. The number of allylic oxidation sites excluding steroid dienone is 1. The summed E-state index contributed by atoms with van der Waals surface area (Å²) in [6.45, 7) is 7.20. The molecule has 2 bridgehead atoms. The summed E-state index contributed by atoms with van der Waals surface area (Å²) in [5.74, 6) is 5.00. The van der Waals surface area contributed by atoms with E-state index in [0.29, 0.717) is 37.7 Å². The molecule has 0 aromatic heterocycles. The van der Waals surface area contributed by atoms with E-state index >= 15 is 0 Å². The average molecular weight is 713 g/mol. The smallest absolute Gasteiger partial charge is 0.262 e. The van der Waals surface area contributed by atoms with Crippen molar-refractivity contribution in [3.05, 3.63) is 70.3 Å². The number of carbonyl (C=O) groups excluding carboxylic acids is 1. The molecule has 7 atom stereocenters. The third-order valence-corrected chi connectivity index (χ3v) is 14.2. The third-order valence-electron chi connectivity index (χ3n) is 11.8. The normalized spacial score (nSPS) is 33.9. The van der Waals surface area contributed by atoms with E-state index in [1.807, 2.05) is 39.3 Å². The number of rotatable bonds is 6. The predicted octanol–water partition coefficient (Wildman–Crippen LogP) is 5.61. The number of anilines is 1. The molecular weight excluding hydrogens is 660 g/mol. The van der Waals surface area contributed by atoms with Gasteiger partial charge in [-0.15, -0.1) is 0 Å². The van der Waals surface area contributed by atoms with Gasteiger partial charge in [0, 0.05) is 55.0 Å². The lowest BCUT2D eigenvalue weighted by Crippen LogP contribution is -2.57. The summed E-state index contributed by atoms with van der Waals surface area (Å²) in [4.78, 5) is 21.5. The Morgan fingerprint density at radius 3 is 2.76 bits per heavy atom. The highest BCUT2D eigenvalue weighted by molar-refractivity contribution is 7.99. The maximum atomic E-state index is 13.9. The number of aryl methyl sites for hydroxylation is 1. The number of hydrogen-bond donors (Lipinski definition) is 2. The van der Waals surface area contributed by atoms with Crippen molar-refractivity contribution in [1.29, 1.82) is 0 Å². The van der Waals surface area contributed by atoms with Gasteiger partial charge in [0.1, 0.15) is 11.4 Å². The fraction of sp³-hybridized carbons (Fsp3) is 0.579. The van der Waals surface area contributed by atoms with Crippen LogP contribution < -0.4 is 19.7 Å². The number of nitrogens with one attached hydrogen (secondary N) is 2. The minimum absolute atomic E-state index is 0.00848. The van der Waals surface area contributed by atoms with Crippen LogP contribution in [0.2, 0.25) is 5.02 Å². The molecule has 1 spiro atoms. The zero-order chi connectivity index (χ0) is 35.0. The van der Waals surface area contributed by atoms with E-state index in [-0.39, 0.29) is 28.4 Å². The van der Waals surface area contributed by atoms with Crippen molar-refractivity contribution in [2.45, 2.75) is 68.6 Å². The Balaban J connectivity index is 1.43. The second-order valence-corrected chi connectivity index (χ2v) is 17.6. The lowest BCUT2D eigenvalue weighted by molar-refractivity contribution is -0.121. The lowest BCUT2D eigenvalue weighted by atomic mass is 9.63. The predicted molar refractivity (Wildman–Crippen MR) is 199 cm³/mol. The molecular formula is C38H53ClN4O5S. The van der Waals surface area contributed by atoms with E-state index < -0.39 is 15.3 Å². The van der Waals surface area contributed by atoms with Crippen LogP contribution in [-0.4, -0.2) is 86.1 Å². The first-order valence-corrected chi connectivity index (χ1v) is 19.7. The van der Waals surface area contributed by atoms with E-state index in [4.69, 9.17) is 25.9 Å². The van der Waals surface area contributed by atoms with Crippen LogP contribution in [0.3, 0.4) is 0 Å². The van der Waals surface area contributed by atoms with Gasteiger partial charge in [0.25, 0.3) is 5.91 Å². The number of benzene rings is 2. The number of methoxy groups -OCH3 is 1. The number of ether oxygens (including phenoxy) is 2. The van der Waals surface area contributed by atoms with Gasteiger partial charge < -0.3 is 19.2 Å². The van der Waals surface area contributed by atoms with Crippen molar-refractivity contribution in [1.82, 2.24) is 15.1 Å². The molecule has 2 aliphatic carbocycles. The first-order chi connectivity index (χ1) is 23.4. The second kappa shape index (κ2) is 14.6. The Morgan fingerprint density at radius 2 is 2.02 bits per heavy atom. The number of hydroxylamine groups is 2. The quantitative estimate of drug-likeness (QED) is 0.173. The largest absolute Gasteiger partial charge is 0.490 e. The summed E-state index contributed by atoms with van der Waals surface area (Å²) < 4.78 is 29.9. The summed E-state index contributed by atoms with van der Waals surface area (Å²) in [6.07, 6.45) is 10.2. The van der Waals surface area contributed by atoms with Gasteiger partial charge in [-0.3, -0.25) is 14.8 Å². The summed E-state index contributed by atoms with van der Waals surface area (Å²) in [7, 11) is 2.41. The van der Waals surface area contributed by atoms with Crippen LogP contribution in [0.25, 0.3) is 0 Å². The van der Waals surface area contributed by atoms with E-state index in [0.717, 1.165) is 61.7 Å². The van der Waals surface area contributed by atoms with E-state index in [1.165, 1.54) is 11.1 Å². The molecule has 1 unspecified atom stereocenters. The number of hydrogen-bond acceptors (Lipinski definition) is 8. The van der Waals surface area contributed by atoms with Crippen LogP contribution in [0.1, 0.15) is 67.4 Å². The zero-order valence-corrected chi connectivity index (χ0v) is 31.2. The van der Waals surface area contributed by atoms with Crippen LogP contribution in [0, 0.1) is 17.8 Å². The number of amides is 1. The molecule has 49 heavy (non-hydrogen) atoms. The van der Waals surface area contributed by atoms with Crippen LogP contribution in [-0.2, 0) is 31.1 Å². The Labute approximate surface area is 297 Å². The standard InChI is InChI=1S/C38H53ClN4O5S/c1-26-9-7-18-38(46-4,22-40-25-42(3)47-5)33-14-11-30(33)21-43-23-37(17-8-10-28-19-31(39)13-15-32(28)37)24-48-35-16-12-29(20-34(35)43)36(44)41-49(6,45)27(26)2/h7,12-13,15-16,18-20,26-27,30,33,40H,6,8-11,14,17,21-25H2,1-5H3,(H,41,44,45)/b18-7+/t26-,27+,30-,33+,37-,38+,49?/m0/s1. The second-order valence-electron chi connectivity index (χ2n) is 14.8. The Bertz CT molecular complexity index is 1670. The molecule has 1 amide bonds. The van der Waals surface area contributed by atoms with Gasteiger partial charge in [-0.25, -0.2) is 4.21 Å². The van der Waals surface area contributed by atoms with Gasteiger partial charge in [0.15, 0.2) is 0 Å². The van der Waals surface area contributed by atoms with Crippen molar-refractivity contribution >= 4 is 38.8 Å². The first kappa shape index (κ1) is 36.2. The fourth-order valence-corrected chi connectivity index (χ4v) is 10.1. The minimum Gasteiger partial charge on any atom is -0.490 e. The number of fused-ring (bicyclic) bond motifs is 4. The maximum absolute atomic E-state index is 13.9. The molecule has 1 saturated carbocycles. The molecule has 2 aromatic carbocycles. The first-order valence-electron chi connectivity index (χ1n) is 17.6. The van der Waals surface area contributed by atoms with Gasteiger partial charge in [0.05, 0.1) is 35.8 Å². The van der Waals surface area contributed by atoms with Crippen LogP contribution in [0.5, 0.6) is 5.75 Å². The summed E-state index contributed by atoms with van der Waals surface area (Å²) in [5, 5.41) is 5.73. The maximum Gasteiger partial charge on any atom is 0.262 e. The third kappa shape index (κ3) is 7.28. The van der Waals surface area contributed by atoms with E-state index in [9.17, 15) is 9.00 Å². The molecule has 0 saturated heterocycles. The molecule has 1 fully saturated rings. The Kier molecular flexibility index (Phi) is 10.8. The highest BCUT2D eigenvalue weighted by atomic mass is 35.5. The summed E-state index contributed by atoms with van der Waals surface area (Å²) in [6, 6.07) is 11.9. The van der Waals surface area contributed by atoms with E-state index in [2.05, 4.69) is 52.0 Å². The molecule has 0 radical (unpaired) electrons. The highest BCUT2D eigenvalue weighted by Crippen LogP contribution is 2.49. The SMILES string of the molecule is C=S1(=O)NC(=O)c2ccc3c(c2)N(C[C@@H]2CC[C@H]2[C@@](CNCN(C)OC)(OC)/C=C/C[C@H](C)[C@H]1C)C[C@@]1(CCCc2cc(Cl)ccc21)CO3. The summed E-state index contributed by atoms with van der Waals surface area (Å²) >= 11 is 6.48. The minimum atomic E-state index is -2.96. The molecule has 268 valence electrons. The van der Waals surface area contributed by atoms with Crippen molar-refractivity contribution in [2.75, 3.05) is 59.1 Å². The number of carbonyl (C=O) groups is 1. The monoisotopic (exact) mass is 712 g/mol. The molecule has 4 aliphatic rings. The zero-order valence-electron chi connectivity index (χ0n) is 29.6. The average Bonchev–Trinajstić information content (AvgIpc) is 3.21. The Morgan fingerprint density at radius 1 is 1.20 bits per heavy atom. The van der Waals surface area contributed by atoms with Crippen LogP contribution in [0.15, 0.2) is 48.6 Å². The van der Waals surface area contributed by atoms with Gasteiger partial charge in [-0.05, 0) is 111 Å². The molecule has 2 N–H and O–H groups in total. The van der Waals surface area contributed by atoms with Gasteiger partial charge >= 0.3 is 0 Å². The van der Waals surface area contributed by atoms with Gasteiger partial charge in [-0.2, -0.15) is 5.06 Å². The highest BCUT2D eigenvalue weighted by Gasteiger charge is 2.49. The molecule has 2 aliphatic heterocycles. The van der Waals surface area contributed by atoms with Crippen LogP contribution in [0.4, 0.5) is 5.69 Å².